The van der Waals surface area contributed by atoms with Crippen molar-refractivity contribution in [1.82, 2.24) is 10.2 Å². The van der Waals surface area contributed by atoms with Crippen LogP contribution in [0.25, 0.3) is 0 Å². The number of rotatable bonds is 3. The zero-order valence-electron chi connectivity index (χ0n) is 9.17. The second kappa shape index (κ2) is 5.10. The van der Waals surface area contributed by atoms with Gasteiger partial charge in [-0.1, -0.05) is 0 Å². The van der Waals surface area contributed by atoms with E-state index in [-0.39, 0.29) is 0 Å². The first kappa shape index (κ1) is 10.4. The van der Waals surface area contributed by atoms with Crippen LogP contribution < -0.4 is 5.32 Å². The number of piperidine rings is 1. The van der Waals surface area contributed by atoms with Crippen molar-refractivity contribution in [3.8, 4) is 0 Å². The molecule has 0 aliphatic carbocycles. The fraction of sp³-hybridized carbons (Fsp3) is 1.00. The molecule has 0 spiro atoms. The van der Waals surface area contributed by atoms with Crippen LogP contribution in [0.5, 0.6) is 0 Å². The van der Waals surface area contributed by atoms with Gasteiger partial charge in [0.25, 0.3) is 0 Å². The molecule has 2 atom stereocenters. The predicted molar refractivity (Wildman–Crippen MR) is 57.5 cm³/mol. The Bertz CT molecular complexity index is 169. The van der Waals surface area contributed by atoms with Crippen LogP contribution >= 0.6 is 0 Å². The highest BCUT2D eigenvalue weighted by atomic mass is 16.5. The second-order valence-corrected chi connectivity index (χ2v) is 4.52. The van der Waals surface area contributed by atoms with Crippen LogP contribution in [0, 0.1) is 0 Å². The van der Waals surface area contributed by atoms with E-state index in [9.17, 15) is 0 Å². The van der Waals surface area contributed by atoms with Gasteiger partial charge in [-0.2, -0.15) is 0 Å². The van der Waals surface area contributed by atoms with Gasteiger partial charge in [0.2, 0.25) is 0 Å². The number of hydrogen-bond donors (Lipinski definition) is 1. The molecule has 2 saturated heterocycles. The minimum absolute atomic E-state index is 0.519. The Kier molecular flexibility index (Phi) is 3.79. The van der Waals surface area contributed by atoms with Gasteiger partial charge in [-0.3, -0.25) is 4.90 Å². The van der Waals surface area contributed by atoms with Gasteiger partial charge in [-0.05, 0) is 39.3 Å². The predicted octanol–water partition coefficient (Wildman–Crippen LogP) is 0.849. The average Bonchev–Trinajstić information content (AvgIpc) is 2.71. The molecular weight excluding hydrogens is 176 g/mol. The molecule has 3 nitrogen and oxygen atoms in total. The van der Waals surface area contributed by atoms with Crippen LogP contribution in [0.1, 0.15) is 25.7 Å². The lowest BCUT2D eigenvalue weighted by Gasteiger charge is -2.33. The summed E-state index contributed by atoms with van der Waals surface area (Å²) in [5.74, 6) is 0. The topological polar surface area (TPSA) is 24.5 Å². The third kappa shape index (κ3) is 2.69. The first-order valence-electron chi connectivity index (χ1n) is 5.89. The zero-order chi connectivity index (χ0) is 9.80. The summed E-state index contributed by atoms with van der Waals surface area (Å²) in [4.78, 5) is 2.56. The average molecular weight is 198 g/mol. The minimum atomic E-state index is 0.519. The molecule has 2 aliphatic heterocycles. The highest BCUT2D eigenvalue weighted by molar-refractivity contribution is 4.79. The summed E-state index contributed by atoms with van der Waals surface area (Å²) in [6, 6.07) is 0.699. The summed E-state index contributed by atoms with van der Waals surface area (Å²) in [5, 5.41) is 3.38. The fourth-order valence-electron chi connectivity index (χ4n) is 2.53. The van der Waals surface area contributed by atoms with Crippen LogP contribution in [0.15, 0.2) is 0 Å². The molecule has 0 aromatic carbocycles. The molecule has 82 valence electrons. The molecule has 14 heavy (non-hydrogen) atoms. The van der Waals surface area contributed by atoms with E-state index < -0.39 is 0 Å². The molecule has 3 heteroatoms. The fourth-order valence-corrected chi connectivity index (χ4v) is 2.53. The van der Waals surface area contributed by atoms with Crippen LogP contribution in [0.2, 0.25) is 0 Å². The molecule has 2 heterocycles. The molecule has 2 unspecified atom stereocenters. The largest absolute Gasteiger partial charge is 0.377 e. The first-order valence-corrected chi connectivity index (χ1v) is 5.89. The van der Waals surface area contributed by atoms with E-state index in [1.807, 2.05) is 0 Å². The summed E-state index contributed by atoms with van der Waals surface area (Å²) in [6.45, 7) is 4.60. The summed E-state index contributed by atoms with van der Waals surface area (Å²) in [6.07, 6.45) is 5.71. The normalized spacial score (nSPS) is 34.9. The minimum Gasteiger partial charge on any atom is -0.377 e. The van der Waals surface area contributed by atoms with Gasteiger partial charge >= 0.3 is 0 Å². The lowest BCUT2D eigenvalue weighted by Crippen LogP contribution is -2.46. The lowest BCUT2D eigenvalue weighted by atomic mass is 10.1. The molecule has 0 bridgehead atoms. The van der Waals surface area contributed by atoms with Crippen molar-refractivity contribution in [1.29, 1.82) is 0 Å². The molecule has 1 N–H and O–H groups in total. The third-order valence-corrected chi connectivity index (χ3v) is 3.40. The molecule has 0 saturated carbocycles. The summed E-state index contributed by atoms with van der Waals surface area (Å²) >= 11 is 0. The number of likely N-dealkylation sites (tertiary alicyclic amines) is 1. The van der Waals surface area contributed by atoms with Crippen molar-refractivity contribution in [3.05, 3.63) is 0 Å². The van der Waals surface area contributed by atoms with Gasteiger partial charge in [0.05, 0.1) is 6.10 Å². The standard InChI is InChI=1S/C11H22N2O/c1-12-10-4-2-6-13(8-10)9-11-5-3-7-14-11/h10-12H,2-9H2,1H3. The number of nitrogens with one attached hydrogen (secondary N) is 1. The molecule has 2 fully saturated rings. The monoisotopic (exact) mass is 198 g/mol. The third-order valence-electron chi connectivity index (χ3n) is 3.40. The maximum atomic E-state index is 5.66. The molecule has 0 aromatic heterocycles. The van der Waals surface area contributed by atoms with Gasteiger partial charge in [-0.15, -0.1) is 0 Å². The van der Waals surface area contributed by atoms with E-state index in [0.29, 0.717) is 12.1 Å². The van der Waals surface area contributed by atoms with E-state index in [0.717, 1.165) is 13.2 Å². The summed E-state index contributed by atoms with van der Waals surface area (Å²) in [7, 11) is 2.07. The Hall–Kier alpha value is -0.120. The quantitative estimate of drug-likeness (QED) is 0.727. The molecule has 0 aromatic rings. The van der Waals surface area contributed by atoms with Crippen LogP contribution in [0.3, 0.4) is 0 Å². The van der Waals surface area contributed by atoms with Crippen molar-refractivity contribution in [2.75, 3.05) is 33.3 Å². The Morgan fingerprint density at radius 1 is 1.36 bits per heavy atom. The molecule has 2 rings (SSSR count). The molecular formula is C11H22N2O. The number of hydrogen-bond acceptors (Lipinski definition) is 3. The smallest absolute Gasteiger partial charge is 0.0702 e. The van der Waals surface area contributed by atoms with E-state index >= 15 is 0 Å². The summed E-state index contributed by atoms with van der Waals surface area (Å²) in [5.41, 5.74) is 0. The van der Waals surface area contributed by atoms with E-state index in [2.05, 4.69) is 17.3 Å². The van der Waals surface area contributed by atoms with Crippen molar-refractivity contribution in [2.24, 2.45) is 0 Å². The highest BCUT2D eigenvalue weighted by Crippen LogP contribution is 2.16. The van der Waals surface area contributed by atoms with E-state index in [1.165, 1.54) is 38.8 Å². The number of ether oxygens (including phenoxy) is 1. The molecule has 0 radical (unpaired) electrons. The Balaban J connectivity index is 1.73. The maximum absolute atomic E-state index is 5.66. The van der Waals surface area contributed by atoms with Crippen LogP contribution in [0.4, 0.5) is 0 Å². The van der Waals surface area contributed by atoms with Gasteiger partial charge in [0.15, 0.2) is 0 Å². The van der Waals surface area contributed by atoms with E-state index in [1.54, 1.807) is 0 Å². The first-order chi connectivity index (χ1) is 6.88. The van der Waals surface area contributed by atoms with Gasteiger partial charge < -0.3 is 10.1 Å². The summed E-state index contributed by atoms with van der Waals surface area (Å²) < 4.78 is 5.66. The Labute approximate surface area is 86.8 Å². The van der Waals surface area contributed by atoms with Crippen molar-refractivity contribution in [2.45, 2.75) is 37.8 Å². The van der Waals surface area contributed by atoms with Gasteiger partial charge in [0.1, 0.15) is 0 Å². The molecule has 2 aliphatic rings. The van der Waals surface area contributed by atoms with Crippen molar-refractivity contribution < 1.29 is 4.74 Å². The zero-order valence-corrected chi connectivity index (χ0v) is 9.17. The SMILES string of the molecule is CNC1CCCN(CC2CCCO2)C1. The maximum Gasteiger partial charge on any atom is 0.0702 e. The number of likely N-dealkylation sites (N-methyl/N-ethyl adjacent to an activating group) is 1. The van der Waals surface area contributed by atoms with Gasteiger partial charge in [-0.25, -0.2) is 0 Å². The Morgan fingerprint density at radius 3 is 3.00 bits per heavy atom. The lowest BCUT2D eigenvalue weighted by molar-refractivity contribution is 0.0615. The van der Waals surface area contributed by atoms with E-state index in [4.69, 9.17) is 4.74 Å². The second-order valence-electron chi connectivity index (χ2n) is 4.52. The van der Waals surface area contributed by atoms with Crippen LogP contribution in [-0.2, 0) is 4.74 Å². The highest BCUT2D eigenvalue weighted by Gasteiger charge is 2.23. The molecule has 0 amide bonds. The van der Waals surface area contributed by atoms with Crippen molar-refractivity contribution in [3.63, 3.8) is 0 Å². The van der Waals surface area contributed by atoms with Crippen LogP contribution in [-0.4, -0.2) is 50.3 Å². The Morgan fingerprint density at radius 2 is 2.29 bits per heavy atom. The van der Waals surface area contributed by atoms with Crippen molar-refractivity contribution >= 4 is 0 Å². The van der Waals surface area contributed by atoms with Gasteiger partial charge in [0, 0.05) is 25.7 Å². The number of nitrogens with zero attached hydrogens (tertiary/aromatic N) is 1.